The number of benzene rings is 1. The minimum absolute atomic E-state index is 0.0300. The summed E-state index contributed by atoms with van der Waals surface area (Å²) in [6, 6.07) is 8.98. The maximum atomic E-state index is 12.7. The van der Waals surface area contributed by atoms with Gasteiger partial charge in [-0.2, -0.15) is 0 Å². The van der Waals surface area contributed by atoms with Crippen molar-refractivity contribution in [1.29, 1.82) is 0 Å². The number of nitrogens with one attached hydrogen (secondary N) is 1. The zero-order valence-corrected chi connectivity index (χ0v) is 16.1. The first kappa shape index (κ1) is 21.2. The van der Waals surface area contributed by atoms with Gasteiger partial charge in [-0.3, -0.25) is 9.59 Å². The maximum absolute atomic E-state index is 12.7. The standard InChI is InChI=1S/C19H27NO4S/c1-13(2)10-17(19(23)24-4)20-18(22)16(12-25-14(3)21)11-15-8-6-5-7-9-15/h5-9,13,16-17H,10-12H2,1-4H3,(H,20,22)/t16-,17+/m1/s1. The highest BCUT2D eigenvalue weighted by Crippen LogP contribution is 2.17. The molecule has 0 aliphatic carbocycles. The second kappa shape index (κ2) is 10.9. The molecule has 0 saturated heterocycles. The van der Waals surface area contributed by atoms with Gasteiger partial charge in [-0.25, -0.2) is 4.79 Å². The molecule has 2 atom stereocenters. The van der Waals surface area contributed by atoms with Crippen molar-refractivity contribution in [2.24, 2.45) is 11.8 Å². The first-order valence-corrected chi connectivity index (χ1v) is 9.37. The predicted octanol–water partition coefficient (Wildman–Crippen LogP) is 2.83. The fourth-order valence-corrected chi connectivity index (χ4v) is 3.17. The molecular formula is C19H27NO4S. The lowest BCUT2D eigenvalue weighted by Gasteiger charge is -2.22. The first-order chi connectivity index (χ1) is 11.8. The number of thioether (sulfide) groups is 1. The number of hydrogen-bond acceptors (Lipinski definition) is 5. The molecule has 0 aliphatic rings. The molecule has 1 N–H and O–H groups in total. The fourth-order valence-electron chi connectivity index (χ4n) is 2.46. The van der Waals surface area contributed by atoms with Gasteiger partial charge in [-0.05, 0) is 24.3 Å². The molecule has 1 rings (SSSR count). The summed E-state index contributed by atoms with van der Waals surface area (Å²) in [5.41, 5.74) is 1.02. The van der Waals surface area contributed by atoms with E-state index in [-0.39, 0.29) is 16.9 Å². The predicted molar refractivity (Wildman–Crippen MR) is 100 cm³/mol. The number of esters is 1. The fraction of sp³-hybridized carbons (Fsp3) is 0.526. The Kier molecular flexibility index (Phi) is 9.27. The van der Waals surface area contributed by atoms with Gasteiger partial charge in [-0.15, -0.1) is 0 Å². The van der Waals surface area contributed by atoms with Crippen molar-refractivity contribution in [1.82, 2.24) is 5.32 Å². The zero-order valence-electron chi connectivity index (χ0n) is 15.3. The summed E-state index contributed by atoms with van der Waals surface area (Å²) >= 11 is 1.13. The van der Waals surface area contributed by atoms with Gasteiger partial charge in [0.05, 0.1) is 13.0 Å². The molecule has 0 aromatic heterocycles. The van der Waals surface area contributed by atoms with Crippen molar-refractivity contribution in [2.45, 2.75) is 39.7 Å². The van der Waals surface area contributed by atoms with Crippen molar-refractivity contribution in [3.8, 4) is 0 Å². The van der Waals surface area contributed by atoms with Gasteiger partial charge >= 0.3 is 5.97 Å². The molecular weight excluding hydrogens is 338 g/mol. The Morgan fingerprint density at radius 3 is 2.32 bits per heavy atom. The van der Waals surface area contributed by atoms with Crippen LogP contribution in [0.3, 0.4) is 0 Å². The second-order valence-corrected chi connectivity index (χ2v) is 7.60. The van der Waals surface area contributed by atoms with Gasteiger partial charge < -0.3 is 10.1 Å². The van der Waals surface area contributed by atoms with Crippen molar-refractivity contribution >= 4 is 28.8 Å². The number of amides is 1. The molecule has 138 valence electrons. The molecule has 0 unspecified atom stereocenters. The largest absolute Gasteiger partial charge is 0.467 e. The van der Waals surface area contributed by atoms with E-state index < -0.39 is 17.9 Å². The molecule has 0 saturated carbocycles. The van der Waals surface area contributed by atoms with E-state index in [9.17, 15) is 14.4 Å². The lowest BCUT2D eigenvalue weighted by atomic mass is 9.98. The molecule has 0 radical (unpaired) electrons. The molecule has 0 aliphatic heterocycles. The van der Waals surface area contributed by atoms with Gasteiger partial charge in [0.2, 0.25) is 5.91 Å². The van der Waals surface area contributed by atoms with Crippen molar-refractivity contribution in [3.05, 3.63) is 35.9 Å². The Morgan fingerprint density at radius 2 is 1.80 bits per heavy atom. The minimum atomic E-state index is -0.668. The summed E-state index contributed by atoms with van der Waals surface area (Å²) in [6.45, 7) is 5.45. The van der Waals surface area contributed by atoms with Crippen LogP contribution in [0.25, 0.3) is 0 Å². The van der Waals surface area contributed by atoms with Crippen LogP contribution in [0.4, 0.5) is 0 Å². The molecule has 5 nitrogen and oxygen atoms in total. The van der Waals surface area contributed by atoms with Crippen LogP contribution in [-0.4, -0.2) is 35.9 Å². The average molecular weight is 365 g/mol. The smallest absolute Gasteiger partial charge is 0.328 e. The topological polar surface area (TPSA) is 72.5 Å². The Balaban J connectivity index is 2.84. The van der Waals surface area contributed by atoms with Gasteiger partial charge in [0.25, 0.3) is 0 Å². The lowest BCUT2D eigenvalue weighted by Crippen LogP contribution is -2.46. The minimum Gasteiger partial charge on any atom is -0.467 e. The van der Waals surface area contributed by atoms with E-state index in [2.05, 4.69) is 5.32 Å². The Hall–Kier alpha value is -1.82. The van der Waals surface area contributed by atoms with E-state index in [4.69, 9.17) is 4.74 Å². The monoisotopic (exact) mass is 365 g/mol. The van der Waals surface area contributed by atoms with Crippen molar-refractivity contribution < 1.29 is 19.1 Å². The summed E-state index contributed by atoms with van der Waals surface area (Å²) in [5, 5.41) is 2.77. The zero-order chi connectivity index (χ0) is 18.8. The van der Waals surface area contributed by atoms with E-state index in [0.29, 0.717) is 18.6 Å². The average Bonchev–Trinajstić information content (AvgIpc) is 2.57. The van der Waals surface area contributed by atoms with Crippen LogP contribution in [0.5, 0.6) is 0 Å². The molecule has 1 amide bonds. The van der Waals surface area contributed by atoms with Gasteiger partial charge in [0, 0.05) is 12.7 Å². The molecule has 0 bridgehead atoms. The van der Waals surface area contributed by atoms with Gasteiger partial charge in [0.15, 0.2) is 5.12 Å². The quantitative estimate of drug-likeness (QED) is 0.681. The number of hydrogen-bond donors (Lipinski definition) is 1. The van der Waals surface area contributed by atoms with Crippen LogP contribution in [-0.2, 0) is 25.5 Å². The molecule has 0 spiro atoms. The van der Waals surface area contributed by atoms with Crippen LogP contribution in [0.1, 0.15) is 32.8 Å². The van der Waals surface area contributed by atoms with Crippen LogP contribution in [0, 0.1) is 11.8 Å². The first-order valence-electron chi connectivity index (χ1n) is 8.39. The van der Waals surface area contributed by atoms with E-state index in [1.165, 1.54) is 14.0 Å². The van der Waals surface area contributed by atoms with Gasteiger partial charge in [-0.1, -0.05) is 55.9 Å². The van der Waals surface area contributed by atoms with Crippen LogP contribution < -0.4 is 5.32 Å². The highest BCUT2D eigenvalue weighted by atomic mass is 32.2. The lowest BCUT2D eigenvalue weighted by molar-refractivity contribution is -0.146. The van der Waals surface area contributed by atoms with E-state index in [1.54, 1.807) is 0 Å². The summed E-state index contributed by atoms with van der Waals surface area (Å²) in [6.07, 6.45) is 1.03. The highest BCUT2D eigenvalue weighted by molar-refractivity contribution is 8.13. The van der Waals surface area contributed by atoms with Crippen molar-refractivity contribution in [3.63, 3.8) is 0 Å². The molecule has 1 aromatic rings. The summed E-state index contributed by atoms with van der Waals surface area (Å²) in [4.78, 5) is 36.0. The Labute approximate surface area is 153 Å². The summed E-state index contributed by atoms with van der Waals surface area (Å²) < 4.78 is 4.80. The van der Waals surface area contributed by atoms with E-state index in [0.717, 1.165) is 17.3 Å². The number of ether oxygens (including phenoxy) is 1. The molecule has 0 fully saturated rings. The SMILES string of the molecule is COC(=O)[C@H](CC(C)C)NC(=O)[C@@H](CSC(C)=O)Cc1ccccc1. The molecule has 1 aromatic carbocycles. The highest BCUT2D eigenvalue weighted by Gasteiger charge is 2.27. The molecule has 25 heavy (non-hydrogen) atoms. The Bertz CT molecular complexity index is 574. The van der Waals surface area contributed by atoms with Crippen LogP contribution in [0.2, 0.25) is 0 Å². The van der Waals surface area contributed by atoms with Gasteiger partial charge in [0.1, 0.15) is 6.04 Å². The van der Waals surface area contributed by atoms with E-state index >= 15 is 0 Å². The van der Waals surface area contributed by atoms with E-state index in [1.807, 2.05) is 44.2 Å². The van der Waals surface area contributed by atoms with Crippen molar-refractivity contribution in [2.75, 3.05) is 12.9 Å². The number of carbonyl (C=O) groups is 3. The number of methoxy groups -OCH3 is 1. The molecule has 6 heteroatoms. The third-order valence-electron chi connectivity index (χ3n) is 3.69. The van der Waals surface area contributed by atoms with Crippen LogP contribution in [0.15, 0.2) is 30.3 Å². The number of carbonyl (C=O) groups excluding carboxylic acids is 3. The third kappa shape index (κ3) is 8.20. The molecule has 0 heterocycles. The number of rotatable bonds is 9. The maximum Gasteiger partial charge on any atom is 0.328 e. The summed E-state index contributed by atoms with van der Waals surface area (Å²) in [5.74, 6) is -0.446. The normalized spacial score (nSPS) is 13.2. The van der Waals surface area contributed by atoms with Crippen LogP contribution >= 0.6 is 11.8 Å². The second-order valence-electron chi connectivity index (χ2n) is 6.40. The Morgan fingerprint density at radius 1 is 1.16 bits per heavy atom. The third-order valence-corrected chi connectivity index (χ3v) is 4.67. The summed E-state index contributed by atoms with van der Waals surface area (Å²) in [7, 11) is 1.31.